The number of nitriles is 1. The summed E-state index contributed by atoms with van der Waals surface area (Å²) in [7, 11) is 0. The van der Waals surface area contributed by atoms with E-state index in [1.807, 2.05) is 0 Å². The minimum Gasteiger partial charge on any atom is -0.402 e. The maximum absolute atomic E-state index is 11.9. The monoisotopic (exact) mass is 329 g/mol. The Balaban J connectivity index is 3.15. The number of hydrogen-bond donors (Lipinski definition) is 1. The van der Waals surface area contributed by atoms with Crippen LogP contribution in [0.1, 0.15) is 5.56 Å². The zero-order valence-electron chi connectivity index (χ0n) is 6.97. The van der Waals surface area contributed by atoms with E-state index in [9.17, 15) is 13.2 Å². The molecule has 0 amide bonds. The summed E-state index contributed by atoms with van der Waals surface area (Å²) in [5.74, 6) is -1.07. The van der Waals surface area contributed by atoms with E-state index in [0.29, 0.717) is 0 Å². The zero-order chi connectivity index (χ0) is 11.6. The minimum atomic E-state index is -4.85. The van der Waals surface area contributed by atoms with Gasteiger partial charge in [-0.2, -0.15) is 5.26 Å². The minimum absolute atomic E-state index is 0.0240. The second kappa shape index (κ2) is 4.09. The molecule has 0 fully saturated rings. The van der Waals surface area contributed by atoms with Crippen molar-refractivity contribution in [2.75, 3.05) is 5.73 Å². The normalized spacial score (nSPS) is 10.9. The van der Waals surface area contributed by atoms with Crippen molar-refractivity contribution in [2.45, 2.75) is 6.36 Å². The molecule has 15 heavy (non-hydrogen) atoms. The third-order valence-corrected chi connectivity index (χ3v) is 2.14. The van der Waals surface area contributed by atoms with Gasteiger partial charge in [-0.1, -0.05) is 0 Å². The van der Waals surface area contributed by atoms with Crippen molar-refractivity contribution >= 4 is 28.4 Å². The van der Waals surface area contributed by atoms with E-state index in [1.54, 1.807) is 28.7 Å². The molecule has 0 aliphatic rings. The van der Waals surface area contributed by atoms with Crippen LogP contribution in [0.5, 0.6) is 5.75 Å². The van der Waals surface area contributed by atoms with Gasteiger partial charge in [-0.15, -0.1) is 13.2 Å². The van der Waals surface area contributed by atoms with Gasteiger partial charge in [0, 0.05) is 6.07 Å². The van der Waals surface area contributed by atoms with Gasteiger partial charge >= 0.3 is 6.36 Å². The Labute approximate surface area is 96.0 Å². The van der Waals surface area contributed by atoms with E-state index in [-0.39, 0.29) is 9.26 Å². The average molecular weight is 329 g/mol. The molecule has 0 aromatic carbocycles. The summed E-state index contributed by atoms with van der Waals surface area (Å²) >= 11 is 1.69. The molecular weight excluding hydrogens is 326 g/mol. The number of nitrogens with two attached hydrogens (primary N) is 1. The predicted octanol–water partition coefficient (Wildman–Crippen LogP) is 2.04. The molecule has 8 heteroatoms. The number of halogens is 4. The number of pyridine rings is 1. The number of aromatic nitrogens is 1. The molecule has 0 aliphatic heterocycles. The van der Waals surface area contributed by atoms with Gasteiger partial charge in [0.1, 0.15) is 9.77 Å². The zero-order valence-corrected chi connectivity index (χ0v) is 9.13. The van der Waals surface area contributed by atoms with Gasteiger partial charge in [-0.3, -0.25) is 0 Å². The molecule has 0 saturated heterocycles. The van der Waals surface area contributed by atoms with Crippen LogP contribution in [0, 0.1) is 15.0 Å². The summed E-state index contributed by atoms with van der Waals surface area (Å²) in [6.07, 6.45) is -4.85. The van der Waals surface area contributed by atoms with Crippen LogP contribution in [0.3, 0.4) is 0 Å². The van der Waals surface area contributed by atoms with Gasteiger partial charge in [0.25, 0.3) is 0 Å². The van der Waals surface area contributed by atoms with E-state index in [0.717, 1.165) is 6.07 Å². The highest BCUT2D eigenvalue weighted by atomic mass is 127. The summed E-state index contributed by atoms with van der Waals surface area (Å²) < 4.78 is 39.4. The maximum atomic E-state index is 11.9. The van der Waals surface area contributed by atoms with Gasteiger partial charge in [0.05, 0.1) is 5.56 Å². The van der Waals surface area contributed by atoms with Gasteiger partial charge in [-0.05, 0) is 22.6 Å². The summed E-state index contributed by atoms with van der Waals surface area (Å²) in [6.45, 7) is 0. The number of hydrogen-bond acceptors (Lipinski definition) is 4. The lowest BCUT2D eigenvalue weighted by molar-refractivity contribution is -0.274. The van der Waals surface area contributed by atoms with Crippen LogP contribution in [0.4, 0.5) is 19.0 Å². The van der Waals surface area contributed by atoms with Crippen molar-refractivity contribution in [1.82, 2.24) is 4.98 Å². The molecule has 4 nitrogen and oxygen atoms in total. The first-order valence-electron chi connectivity index (χ1n) is 3.45. The highest BCUT2D eigenvalue weighted by molar-refractivity contribution is 14.1. The molecule has 0 bridgehead atoms. The first-order valence-corrected chi connectivity index (χ1v) is 4.53. The predicted molar refractivity (Wildman–Crippen MR) is 52.8 cm³/mol. The van der Waals surface area contributed by atoms with Crippen molar-refractivity contribution in [3.05, 3.63) is 15.3 Å². The molecule has 0 unspecified atom stereocenters. The van der Waals surface area contributed by atoms with E-state index in [2.05, 4.69) is 9.72 Å². The summed E-state index contributed by atoms with van der Waals surface area (Å²) in [5.41, 5.74) is 5.18. The third-order valence-electron chi connectivity index (χ3n) is 1.31. The first kappa shape index (κ1) is 11.8. The Morgan fingerprint density at radius 1 is 1.53 bits per heavy atom. The molecule has 0 saturated carbocycles. The van der Waals surface area contributed by atoms with Crippen molar-refractivity contribution < 1.29 is 17.9 Å². The summed E-state index contributed by atoms with van der Waals surface area (Å²) in [4.78, 5) is 3.55. The number of nitrogens with zero attached hydrogens (tertiary/aromatic N) is 2. The second-order valence-electron chi connectivity index (χ2n) is 2.37. The highest BCUT2D eigenvalue weighted by Gasteiger charge is 2.32. The van der Waals surface area contributed by atoms with Crippen LogP contribution in [0.15, 0.2) is 6.07 Å². The first-order chi connectivity index (χ1) is 6.83. The number of nitrogen functional groups attached to an aromatic ring is 1. The third kappa shape index (κ3) is 3.12. The topological polar surface area (TPSA) is 71.9 Å². The SMILES string of the molecule is N#Cc1cc(OC(F)(F)F)c(N)nc1I. The largest absolute Gasteiger partial charge is 0.573 e. The van der Waals surface area contributed by atoms with Crippen molar-refractivity contribution in [2.24, 2.45) is 0 Å². The molecule has 2 N–H and O–H groups in total. The van der Waals surface area contributed by atoms with Crippen LogP contribution >= 0.6 is 22.6 Å². The van der Waals surface area contributed by atoms with Crippen LogP contribution in [-0.4, -0.2) is 11.3 Å². The Hall–Kier alpha value is -1.24. The Bertz CT molecular complexity index is 427. The molecule has 0 aliphatic carbocycles. The number of rotatable bonds is 1. The Morgan fingerprint density at radius 2 is 2.13 bits per heavy atom. The van der Waals surface area contributed by atoms with E-state index in [4.69, 9.17) is 11.0 Å². The Morgan fingerprint density at radius 3 is 2.60 bits per heavy atom. The van der Waals surface area contributed by atoms with Gasteiger partial charge in [-0.25, -0.2) is 4.98 Å². The molecular formula is C7H3F3IN3O. The van der Waals surface area contributed by atoms with E-state index >= 15 is 0 Å². The molecule has 1 aromatic rings. The molecule has 0 radical (unpaired) electrons. The fraction of sp³-hybridized carbons (Fsp3) is 0.143. The van der Waals surface area contributed by atoms with E-state index in [1.165, 1.54) is 0 Å². The van der Waals surface area contributed by atoms with Crippen molar-refractivity contribution in [3.8, 4) is 11.8 Å². The van der Waals surface area contributed by atoms with Crippen molar-refractivity contribution in [3.63, 3.8) is 0 Å². The van der Waals surface area contributed by atoms with Crippen LogP contribution < -0.4 is 10.5 Å². The quantitative estimate of drug-likeness (QED) is 0.632. The second-order valence-corrected chi connectivity index (χ2v) is 3.39. The van der Waals surface area contributed by atoms with Crippen LogP contribution in [-0.2, 0) is 0 Å². The fourth-order valence-corrected chi connectivity index (χ4v) is 1.31. The molecule has 1 heterocycles. The molecule has 1 aromatic heterocycles. The molecule has 0 spiro atoms. The molecule has 80 valence electrons. The molecule has 1 rings (SSSR count). The standard InChI is InChI=1S/C7H3F3IN3O/c8-7(9,10)15-4-1-3(2-12)5(11)14-6(4)13/h1H,(H2,13,14). The van der Waals surface area contributed by atoms with E-state index < -0.39 is 17.9 Å². The number of alkyl halides is 3. The fourth-order valence-electron chi connectivity index (χ4n) is 0.770. The van der Waals surface area contributed by atoms with Crippen LogP contribution in [0.2, 0.25) is 0 Å². The Kier molecular flexibility index (Phi) is 3.23. The van der Waals surface area contributed by atoms with Gasteiger partial charge in [0.15, 0.2) is 11.6 Å². The smallest absolute Gasteiger partial charge is 0.402 e. The van der Waals surface area contributed by atoms with Gasteiger partial charge < -0.3 is 10.5 Å². The lowest BCUT2D eigenvalue weighted by Crippen LogP contribution is -2.18. The van der Waals surface area contributed by atoms with Crippen molar-refractivity contribution in [1.29, 1.82) is 5.26 Å². The molecule has 0 atom stereocenters. The maximum Gasteiger partial charge on any atom is 0.573 e. The lowest BCUT2D eigenvalue weighted by atomic mass is 10.3. The number of anilines is 1. The highest BCUT2D eigenvalue weighted by Crippen LogP contribution is 2.29. The average Bonchev–Trinajstić information content (AvgIpc) is 2.07. The summed E-state index contributed by atoms with van der Waals surface area (Å²) in [6, 6.07) is 2.58. The lowest BCUT2D eigenvalue weighted by Gasteiger charge is -2.10. The summed E-state index contributed by atoms with van der Waals surface area (Å²) in [5, 5.41) is 8.56. The van der Waals surface area contributed by atoms with Gasteiger partial charge in [0.2, 0.25) is 0 Å². The van der Waals surface area contributed by atoms with Crippen LogP contribution in [0.25, 0.3) is 0 Å². The number of ether oxygens (including phenoxy) is 1.